The summed E-state index contributed by atoms with van der Waals surface area (Å²) < 4.78 is 41.8. The van der Waals surface area contributed by atoms with Crippen molar-refractivity contribution in [2.45, 2.75) is 45.8 Å². The summed E-state index contributed by atoms with van der Waals surface area (Å²) in [4.78, 5) is 0. The Morgan fingerprint density at radius 1 is 1.28 bits per heavy atom. The highest BCUT2D eigenvalue weighted by Gasteiger charge is 2.27. The molecular weight excluding hydrogens is 245 g/mol. The molecule has 0 radical (unpaired) electrons. The Morgan fingerprint density at radius 3 is 2.50 bits per heavy atom. The minimum absolute atomic E-state index is 0.00881. The van der Waals surface area contributed by atoms with E-state index in [9.17, 15) is 13.2 Å². The van der Waals surface area contributed by atoms with E-state index in [0.29, 0.717) is 6.54 Å². The lowest BCUT2D eigenvalue weighted by Gasteiger charge is -2.19. The Morgan fingerprint density at radius 2 is 1.94 bits per heavy atom. The average molecular weight is 264 g/mol. The van der Waals surface area contributed by atoms with Crippen molar-refractivity contribution < 1.29 is 17.9 Å². The van der Waals surface area contributed by atoms with Gasteiger partial charge in [0.1, 0.15) is 13.3 Å². The lowest BCUT2D eigenvalue weighted by Crippen LogP contribution is -2.34. The van der Waals surface area contributed by atoms with Crippen LogP contribution in [0.15, 0.2) is 18.5 Å². The van der Waals surface area contributed by atoms with Crippen LogP contribution < -0.4 is 5.32 Å². The molecule has 0 aliphatic heterocycles. The molecular formula is C12H19F3N2O. The molecule has 0 amide bonds. The van der Waals surface area contributed by atoms with Gasteiger partial charge in [0.15, 0.2) is 0 Å². The maximum absolute atomic E-state index is 11.9. The molecule has 1 heterocycles. The Hall–Kier alpha value is -1.01. The summed E-state index contributed by atoms with van der Waals surface area (Å²) in [6.07, 6.45) is -0.797. The van der Waals surface area contributed by atoms with E-state index in [1.54, 1.807) is 17.0 Å². The summed E-state index contributed by atoms with van der Waals surface area (Å²) in [7, 11) is 0. The number of rotatable bonds is 5. The maximum atomic E-state index is 11.9. The number of alkyl halides is 3. The lowest BCUT2D eigenvalue weighted by atomic mass is 10.1. The normalized spacial score (nSPS) is 13.0. The average Bonchev–Trinajstić information content (AvgIpc) is 2.60. The molecule has 6 heteroatoms. The van der Waals surface area contributed by atoms with Crippen LogP contribution in [0.5, 0.6) is 0 Å². The van der Waals surface area contributed by atoms with E-state index in [2.05, 4.69) is 30.8 Å². The highest BCUT2D eigenvalue weighted by Crippen LogP contribution is 2.15. The smallest absolute Gasteiger partial charge is 0.351 e. The zero-order chi connectivity index (χ0) is 13.8. The van der Waals surface area contributed by atoms with Gasteiger partial charge in [-0.05, 0) is 32.4 Å². The predicted molar refractivity (Wildman–Crippen MR) is 63.0 cm³/mol. The molecule has 0 aliphatic carbocycles. The third kappa shape index (κ3) is 6.66. The van der Waals surface area contributed by atoms with Crippen LogP contribution in [0.25, 0.3) is 0 Å². The first-order valence-electron chi connectivity index (χ1n) is 5.70. The molecule has 104 valence electrons. The van der Waals surface area contributed by atoms with Crippen molar-refractivity contribution in [3.05, 3.63) is 24.0 Å². The van der Waals surface area contributed by atoms with Gasteiger partial charge in [-0.3, -0.25) is 0 Å². The van der Waals surface area contributed by atoms with E-state index in [-0.39, 0.29) is 12.3 Å². The van der Waals surface area contributed by atoms with Gasteiger partial charge in [-0.15, -0.1) is 0 Å². The van der Waals surface area contributed by atoms with E-state index >= 15 is 0 Å². The molecule has 0 saturated carbocycles. The molecule has 1 N–H and O–H groups in total. The van der Waals surface area contributed by atoms with Gasteiger partial charge in [0.2, 0.25) is 0 Å². The highest BCUT2D eigenvalue weighted by molar-refractivity contribution is 5.10. The van der Waals surface area contributed by atoms with Crippen LogP contribution in [0.2, 0.25) is 0 Å². The van der Waals surface area contributed by atoms with Crippen molar-refractivity contribution in [3.63, 3.8) is 0 Å². The summed E-state index contributed by atoms with van der Waals surface area (Å²) in [5.74, 6) is 0. The topological polar surface area (TPSA) is 26.2 Å². The van der Waals surface area contributed by atoms with Crippen LogP contribution in [0.1, 0.15) is 26.3 Å². The standard InChI is InChI=1S/C12H19F3N2O/c1-11(2,3)16-6-10-4-5-17(7-10)9-18-8-12(13,14)15/h4-5,7,16H,6,8-9H2,1-3H3. The van der Waals surface area contributed by atoms with Crippen molar-refractivity contribution in [2.75, 3.05) is 6.61 Å². The fourth-order valence-corrected chi connectivity index (χ4v) is 1.31. The van der Waals surface area contributed by atoms with Crippen LogP contribution in [0.4, 0.5) is 13.2 Å². The Balaban J connectivity index is 2.35. The number of aromatic nitrogens is 1. The van der Waals surface area contributed by atoms with Gasteiger partial charge < -0.3 is 14.6 Å². The molecule has 0 spiro atoms. The van der Waals surface area contributed by atoms with Crippen LogP contribution in [-0.4, -0.2) is 22.9 Å². The first-order valence-corrected chi connectivity index (χ1v) is 5.70. The van der Waals surface area contributed by atoms with Gasteiger partial charge in [0, 0.05) is 24.5 Å². The van der Waals surface area contributed by atoms with Gasteiger partial charge in [-0.25, -0.2) is 0 Å². The molecule has 1 aromatic rings. The summed E-state index contributed by atoms with van der Waals surface area (Å²) >= 11 is 0. The molecule has 0 aliphatic rings. The summed E-state index contributed by atoms with van der Waals surface area (Å²) in [6, 6.07) is 1.86. The second-order valence-corrected chi connectivity index (χ2v) is 5.23. The van der Waals surface area contributed by atoms with Crippen LogP contribution in [-0.2, 0) is 18.0 Å². The number of hydrogen-bond acceptors (Lipinski definition) is 2. The number of hydrogen-bond donors (Lipinski definition) is 1. The van der Waals surface area contributed by atoms with Crippen molar-refractivity contribution in [2.24, 2.45) is 0 Å². The Bertz CT molecular complexity index is 366. The van der Waals surface area contributed by atoms with Crippen molar-refractivity contribution in [1.82, 2.24) is 9.88 Å². The van der Waals surface area contributed by atoms with Crippen LogP contribution >= 0.6 is 0 Å². The number of nitrogens with zero attached hydrogens (tertiary/aromatic N) is 1. The zero-order valence-corrected chi connectivity index (χ0v) is 10.8. The Labute approximate surface area is 105 Å². The molecule has 18 heavy (non-hydrogen) atoms. The first kappa shape index (κ1) is 15.0. The molecule has 1 aromatic heterocycles. The molecule has 1 rings (SSSR count). The van der Waals surface area contributed by atoms with E-state index in [0.717, 1.165) is 5.56 Å². The zero-order valence-electron chi connectivity index (χ0n) is 10.8. The van der Waals surface area contributed by atoms with Gasteiger partial charge in [0.25, 0.3) is 0 Å². The Kier molecular flexibility index (Phi) is 4.81. The summed E-state index contributed by atoms with van der Waals surface area (Å²) in [6.45, 7) is 5.52. The summed E-state index contributed by atoms with van der Waals surface area (Å²) in [5, 5.41) is 3.30. The van der Waals surface area contributed by atoms with Gasteiger partial charge in [0.05, 0.1) is 0 Å². The minimum Gasteiger partial charge on any atom is -0.351 e. The maximum Gasteiger partial charge on any atom is 0.411 e. The second-order valence-electron chi connectivity index (χ2n) is 5.23. The minimum atomic E-state index is -4.27. The number of ether oxygens (including phenoxy) is 1. The van der Waals surface area contributed by atoms with Crippen molar-refractivity contribution in [3.8, 4) is 0 Å². The molecule has 3 nitrogen and oxygen atoms in total. The van der Waals surface area contributed by atoms with Crippen LogP contribution in [0, 0.1) is 0 Å². The molecule has 0 bridgehead atoms. The third-order valence-corrected chi connectivity index (χ3v) is 2.14. The molecule has 0 unspecified atom stereocenters. The first-order chi connectivity index (χ1) is 8.16. The van der Waals surface area contributed by atoms with E-state index in [1.807, 2.05) is 6.07 Å². The third-order valence-electron chi connectivity index (χ3n) is 2.14. The van der Waals surface area contributed by atoms with Crippen molar-refractivity contribution >= 4 is 0 Å². The largest absolute Gasteiger partial charge is 0.411 e. The molecule has 0 atom stereocenters. The molecule has 0 saturated heterocycles. The highest BCUT2D eigenvalue weighted by atomic mass is 19.4. The molecule has 0 fully saturated rings. The number of nitrogens with one attached hydrogen (secondary N) is 1. The van der Waals surface area contributed by atoms with E-state index in [4.69, 9.17) is 0 Å². The fraction of sp³-hybridized carbons (Fsp3) is 0.667. The number of halogens is 3. The van der Waals surface area contributed by atoms with Gasteiger partial charge >= 0.3 is 6.18 Å². The second kappa shape index (κ2) is 5.75. The summed E-state index contributed by atoms with van der Waals surface area (Å²) in [5.41, 5.74) is 1.02. The van der Waals surface area contributed by atoms with E-state index in [1.165, 1.54) is 0 Å². The molecule has 0 aromatic carbocycles. The lowest BCUT2D eigenvalue weighted by molar-refractivity contribution is -0.181. The van der Waals surface area contributed by atoms with E-state index < -0.39 is 12.8 Å². The van der Waals surface area contributed by atoms with Gasteiger partial charge in [-0.1, -0.05) is 0 Å². The van der Waals surface area contributed by atoms with Crippen molar-refractivity contribution in [1.29, 1.82) is 0 Å². The van der Waals surface area contributed by atoms with Crippen LogP contribution in [0.3, 0.4) is 0 Å². The fourth-order valence-electron chi connectivity index (χ4n) is 1.31. The predicted octanol–water partition coefficient (Wildman–Crippen LogP) is 2.91. The quantitative estimate of drug-likeness (QED) is 0.885. The van der Waals surface area contributed by atoms with Gasteiger partial charge in [-0.2, -0.15) is 13.2 Å². The monoisotopic (exact) mass is 264 g/mol. The SMILES string of the molecule is CC(C)(C)NCc1ccn(COCC(F)(F)F)c1.